The molecular formula is C21H27ClN2O4. The third-order valence-electron chi connectivity index (χ3n) is 6.07. The number of hydrogen-bond acceptors (Lipinski definition) is 4. The van der Waals surface area contributed by atoms with Crippen LogP contribution in [0.3, 0.4) is 0 Å². The van der Waals surface area contributed by atoms with Crippen LogP contribution in [0.2, 0.25) is 5.02 Å². The number of rotatable bonds is 5. The highest BCUT2D eigenvalue weighted by molar-refractivity contribution is 6.32. The molecule has 7 heteroatoms. The number of nitrogens with zero attached hydrogens (tertiary/aromatic N) is 1. The van der Waals surface area contributed by atoms with Crippen molar-refractivity contribution in [2.24, 2.45) is 5.41 Å². The lowest BCUT2D eigenvalue weighted by atomic mass is 9.83. The van der Waals surface area contributed by atoms with Crippen molar-refractivity contribution >= 4 is 29.3 Å². The van der Waals surface area contributed by atoms with Gasteiger partial charge in [-0.2, -0.15) is 0 Å². The summed E-state index contributed by atoms with van der Waals surface area (Å²) in [5, 5.41) is 2.94. The van der Waals surface area contributed by atoms with Gasteiger partial charge < -0.3 is 9.64 Å². The van der Waals surface area contributed by atoms with Gasteiger partial charge in [-0.25, -0.2) is 0 Å². The van der Waals surface area contributed by atoms with E-state index in [1.165, 1.54) is 5.56 Å². The van der Waals surface area contributed by atoms with Crippen LogP contribution in [0.1, 0.15) is 56.1 Å². The molecule has 1 atom stereocenters. The summed E-state index contributed by atoms with van der Waals surface area (Å²) in [6.45, 7) is 5.18. The fraction of sp³-hybridized carbons (Fsp3) is 0.571. The zero-order valence-corrected chi connectivity index (χ0v) is 17.4. The maximum atomic E-state index is 12.6. The Kier molecular flexibility index (Phi) is 5.98. The van der Waals surface area contributed by atoms with Gasteiger partial charge in [0.15, 0.2) is 0 Å². The number of ether oxygens (including phenoxy) is 1. The maximum absolute atomic E-state index is 12.6. The van der Waals surface area contributed by atoms with Gasteiger partial charge in [-0.3, -0.25) is 19.7 Å². The van der Waals surface area contributed by atoms with E-state index in [4.69, 9.17) is 16.3 Å². The molecule has 1 N–H and O–H groups in total. The largest absolute Gasteiger partial charge is 0.495 e. The molecule has 2 aliphatic heterocycles. The molecule has 0 aromatic heterocycles. The molecule has 0 bridgehead atoms. The molecule has 28 heavy (non-hydrogen) atoms. The molecule has 6 nitrogen and oxygen atoms in total. The number of carbonyl (C=O) groups is 3. The Balaban J connectivity index is 1.56. The number of amides is 3. The van der Waals surface area contributed by atoms with E-state index in [0.717, 1.165) is 18.4 Å². The van der Waals surface area contributed by atoms with Crippen molar-refractivity contribution in [3.63, 3.8) is 0 Å². The minimum absolute atomic E-state index is 0.0530. The van der Waals surface area contributed by atoms with Gasteiger partial charge in [0.25, 0.3) is 0 Å². The predicted molar refractivity (Wildman–Crippen MR) is 106 cm³/mol. The SMILES string of the molecule is COc1cc(C2CCN(C(=O)CCC3(C)CC(=O)NC3=O)CC2)c(C)cc1Cl. The summed E-state index contributed by atoms with van der Waals surface area (Å²) in [6, 6.07) is 3.94. The van der Waals surface area contributed by atoms with Crippen LogP contribution >= 0.6 is 11.6 Å². The van der Waals surface area contributed by atoms with Gasteiger partial charge in [-0.15, -0.1) is 0 Å². The lowest BCUT2D eigenvalue weighted by Crippen LogP contribution is -2.39. The summed E-state index contributed by atoms with van der Waals surface area (Å²) < 4.78 is 5.34. The first kappa shape index (κ1) is 20.6. The Morgan fingerprint density at radius 1 is 1.32 bits per heavy atom. The summed E-state index contributed by atoms with van der Waals surface area (Å²) in [7, 11) is 1.61. The Hall–Kier alpha value is -2.08. The predicted octanol–water partition coefficient (Wildman–Crippen LogP) is 3.20. The quantitative estimate of drug-likeness (QED) is 0.762. The van der Waals surface area contributed by atoms with Gasteiger partial charge in [0.2, 0.25) is 17.7 Å². The van der Waals surface area contributed by atoms with E-state index in [1.807, 2.05) is 24.0 Å². The first-order valence-corrected chi connectivity index (χ1v) is 10.1. The molecule has 3 amide bonds. The summed E-state index contributed by atoms with van der Waals surface area (Å²) in [5.41, 5.74) is 1.60. The molecule has 0 radical (unpaired) electrons. The Labute approximate surface area is 170 Å². The van der Waals surface area contributed by atoms with E-state index in [2.05, 4.69) is 5.32 Å². The number of carbonyl (C=O) groups excluding carboxylic acids is 3. The highest BCUT2D eigenvalue weighted by Crippen LogP contribution is 2.37. The molecule has 2 fully saturated rings. The van der Waals surface area contributed by atoms with Crippen LogP contribution in [0.25, 0.3) is 0 Å². The van der Waals surface area contributed by atoms with Gasteiger partial charge in [0.05, 0.1) is 17.5 Å². The van der Waals surface area contributed by atoms with Crippen LogP contribution in [0.4, 0.5) is 0 Å². The molecule has 1 unspecified atom stereocenters. The average Bonchev–Trinajstić information content (AvgIpc) is 2.92. The zero-order chi connectivity index (χ0) is 20.5. The molecule has 3 rings (SSSR count). The van der Waals surface area contributed by atoms with E-state index in [9.17, 15) is 14.4 Å². The number of aryl methyl sites for hydroxylation is 1. The smallest absolute Gasteiger partial charge is 0.233 e. The van der Waals surface area contributed by atoms with Crippen LogP contribution in [0, 0.1) is 12.3 Å². The summed E-state index contributed by atoms with van der Waals surface area (Å²) in [6.07, 6.45) is 2.62. The minimum Gasteiger partial charge on any atom is -0.495 e. The minimum atomic E-state index is -0.762. The summed E-state index contributed by atoms with van der Waals surface area (Å²) in [5.74, 6) is 0.576. The number of benzene rings is 1. The number of halogens is 1. The molecule has 1 aromatic rings. The lowest BCUT2D eigenvalue weighted by molar-refractivity contribution is -0.133. The van der Waals surface area contributed by atoms with Gasteiger partial charge in [0, 0.05) is 25.9 Å². The number of hydrogen-bond donors (Lipinski definition) is 1. The van der Waals surface area contributed by atoms with Gasteiger partial charge >= 0.3 is 0 Å². The first-order chi connectivity index (χ1) is 13.2. The highest BCUT2D eigenvalue weighted by Gasteiger charge is 2.42. The number of piperidine rings is 1. The Morgan fingerprint density at radius 3 is 2.57 bits per heavy atom. The van der Waals surface area contributed by atoms with E-state index in [-0.39, 0.29) is 30.6 Å². The van der Waals surface area contributed by atoms with Crippen molar-refractivity contribution in [3.05, 3.63) is 28.3 Å². The lowest BCUT2D eigenvalue weighted by Gasteiger charge is -2.33. The molecule has 0 spiro atoms. The number of likely N-dealkylation sites (tertiary alicyclic amines) is 1. The molecule has 2 saturated heterocycles. The monoisotopic (exact) mass is 406 g/mol. The van der Waals surface area contributed by atoms with Crippen molar-refractivity contribution in [1.82, 2.24) is 10.2 Å². The number of nitrogens with one attached hydrogen (secondary N) is 1. The van der Waals surface area contributed by atoms with Crippen molar-refractivity contribution in [2.75, 3.05) is 20.2 Å². The van der Waals surface area contributed by atoms with Crippen molar-refractivity contribution in [3.8, 4) is 5.75 Å². The molecule has 0 aliphatic carbocycles. The van der Waals surface area contributed by atoms with Gasteiger partial charge in [-0.1, -0.05) is 18.5 Å². The van der Waals surface area contributed by atoms with Gasteiger partial charge in [0.1, 0.15) is 5.75 Å². The Bertz CT molecular complexity index is 802. The molecule has 2 aliphatic rings. The normalized spacial score (nSPS) is 23.1. The second kappa shape index (κ2) is 8.11. The molecule has 2 heterocycles. The summed E-state index contributed by atoms with van der Waals surface area (Å²) >= 11 is 6.20. The van der Waals surface area contributed by atoms with Crippen LogP contribution < -0.4 is 10.1 Å². The van der Waals surface area contributed by atoms with E-state index >= 15 is 0 Å². The average molecular weight is 407 g/mol. The molecule has 152 valence electrons. The molecule has 1 aromatic carbocycles. The second-order valence-electron chi connectivity index (χ2n) is 8.11. The van der Waals surface area contributed by atoms with Crippen molar-refractivity contribution in [2.45, 2.75) is 51.9 Å². The maximum Gasteiger partial charge on any atom is 0.233 e. The summed E-state index contributed by atoms with van der Waals surface area (Å²) in [4.78, 5) is 37.8. The zero-order valence-electron chi connectivity index (χ0n) is 16.6. The first-order valence-electron chi connectivity index (χ1n) is 9.69. The van der Waals surface area contributed by atoms with Gasteiger partial charge in [-0.05, 0) is 55.4 Å². The molecular weight excluding hydrogens is 380 g/mol. The standard InChI is InChI=1S/C21H27ClN2O4/c1-13-10-16(22)17(28-3)11-15(13)14-5-8-24(9-6-14)19(26)4-7-21(2)12-18(25)23-20(21)27/h10-11,14H,4-9,12H2,1-3H3,(H,23,25,27). The number of imide groups is 1. The van der Waals surface area contributed by atoms with Crippen LogP contribution in [-0.4, -0.2) is 42.8 Å². The molecule has 0 saturated carbocycles. The topological polar surface area (TPSA) is 75.7 Å². The van der Waals surface area contributed by atoms with Crippen molar-refractivity contribution < 1.29 is 19.1 Å². The third kappa shape index (κ3) is 4.17. The van der Waals surface area contributed by atoms with Crippen molar-refractivity contribution in [1.29, 1.82) is 0 Å². The fourth-order valence-corrected chi connectivity index (χ4v) is 4.50. The highest BCUT2D eigenvalue weighted by atomic mass is 35.5. The number of methoxy groups -OCH3 is 1. The second-order valence-corrected chi connectivity index (χ2v) is 8.52. The fourth-order valence-electron chi connectivity index (χ4n) is 4.20. The van der Waals surface area contributed by atoms with E-state index in [1.54, 1.807) is 14.0 Å². The van der Waals surface area contributed by atoms with Crippen LogP contribution in [-0.2, 0) is 14.4 Å². The Morgan fingerprint density at radius 2 is 2.00 bits per heavy atom. The van der Waals surface area contributed by atoms with E-state index < -0.39 is 5.41 Å². The van der Waals surface area contributed by atoms with Crippen LogP contribution in [0.15, 0.2) is 12.1 Å². The van der Waals surface area contributed by atoms with Crippen LogP contribution in [0.5, 0.6) is 5.75 Å². The third-order valence-corrected chi connectivity index (χ3v) is 6.37. The van der Waals surface area contributed by atoms with E-state index in [0.29, 0.717) is 36.2 Å².